The van der Waals surface area contributed by atoms with Crippen molar-refractivity contribution in [3.8, 4) is 0 Å². The SMILES string of the molecule is CCCCCCCC(=O)OC[C@@H](COC(=O)CCCCCCCCCCCCCCCCC(C)CC)OC(=O)CCCCCCCCCCCCCCCCC(C)CC. The van der Waals surface area contributed by atoms with Gasteiger partial charge in [-0.2, -0.15) is 0 Å². The maximum absolute atomic E-state index is 12.7. The Hall–Kier alpha value is -1.59. The Bertz CT molecular complexity index is 904. The molecule has 0 aromatic rings. The van der Waals surface area contributed by atoms with Gasteiger partial charge in [0, 0.05) is 19.3 Å². The van der Waals surface area contributed by atoms with Crippen LogP contribution in [0.4, 0.5) is 0 Å². The van der Waals surface area contributed by atoms with Crippen LogP contribution in [0.15, 0.2) is 0 Å². The summed E-state index contributed by atoms with van der Waals surface area (Å²) < 4.78 is 16.7. The summed E-state index contributed by atoms with van der Waals surface area (Å²) in [7, 11) is 0. The highest BCUT2D eigenvalue weighted by molar-refractivity contribution is 5.71. The molecule has 0 saturated carbocycles. The Labute approximate surface area is 368 Å². The summed E-state index contributed by atoms with van der Waals surface area (Å²) in [5, 5.41) is 0. The van der Waals surface area contributed by atoms with Gasteiger partial charge < -0.3 is 14.2 Å². The van der Waals surface area contributed by atoms with E-state index in [0.29, 0.717) is 19.3 Å². The summed E-state index contributed by atoms with van der Waals surface area (Å²) in [6, 6.07) is 0. The van der Waals surface area contributed by atoms with E-state index in [1.54, 1.807) is 0 Å². The molecule has 0 heterocycles. The summed E-state index contributed by atoms with van der Waals surface area (Å²) in [4.78, 5) is 37.7. The van der Waals surface area contributed by atoms with E-state index < -0.39 is 6.10 Å². The van der Waals surface area contributed by atoms with Crippen molar-refractivity contribution in [3.63, 3.8) is 0 Å². The second kappa shape index (κ2) is 45.9. The maximum atomic E-state index is 12.7. The predicted octanol–water partition coefficient (Wildman–Crippen LogP) is 16.9. The van der Waals surface area contributed by atoms with Crippen LogP contribution in [0.2, 0.25) is 0 Å². The number of hydrogen-bond donors (Lipinski definition) is 0. The van der Waals surface area contributed by atoms with Crippen LogP contribution in [0.3, 0.4) is 0 Å². The molecule has 0 bridgehead atoms. The predicted molar refractivity (Wildman–Crippen MR) is 252 cm³/mol. The lowest BCUT2D eigenvalue weighted by molar-refractivity contribution is -0.167. The molecule has 350 valence electrons. The van der Waals surface area contributed by atoms with E-state index in [0.717, 1.165) is 76.0 Å². The van der Waals surface area contributed by atoms with Crippen LogP contribution in [-0.2, 0) is 28.6 Å². The normalized spacial score (nSPS) is 13.0. The average molecular weight is 835 g/mol. The lowest BCUT2D eigenvalue weighted by Crippen LogP contribution is -2.30. The molecule has 0 aromatic heterocycles. The Morgan fingerprint density at radius 3 is 0.881 bits per heavy atom. The Morgan fingerprint density at radius 1 is 0.339 bits per heavy atom. The molecule has 0 spiro atoms. The maximum Gasteiger partial charge on any atom is 0.306 e. The molecule has 0 saturated heterocycles. The standard InChI is InChI=1S/C53H102O6/c1-6-9-10-31-38-43-51(54)57-46-50(59-53(56)45-40-35-30-26-22-18-14-12-16-20-24-28-33-37-42-49(5)8-3)47-58-52(55)44-39-34-29-25-21-17-13-11-15-19-23-27-32-36-41-48(4)7-2/h48-50H,6-47H2,1-5H3/t48?,49?,50-/m0/s1. The van der Waals surface area contributed by atoms with Gasteiger partial charge in [-0.1, -0.05) is 253 Å². The molecule has 0 amide bonds. The van der Waals surface area contributed by atoms with Crippen LogP contribution in [0.5, 0.6) is 0 Å². The van der Waals surface area contributed by atoms with E-state index in [9.17, 15) is 14.4 Å². The van der Waals surface area contributed by atoms with Crippen LogP contribution in [0.1, 0.15) is 291 Å². The van der Waals surface area contributed by atoms with Gasteiger partial charge in [-0.15, -0.1) is 0 Å². The van der Waals surface area contributed by atoms with Gasteiger partial charge in [0.2, 0.25) is 0 Å². The molecule has 2 unspecified atom stereocenters. The first kappa shape index (κ1) is 57.4. The third-order valence-electron chi connectivity index (χ3n) is 12.7. The second-order valence-corrected chi connectivity index (χ2v) is 18.6. The molecular weight excluding hydrogens is 733 g/mol. The van der Waals surface area contributed by atoms with E-state index >= 15 is 0 Å². The summed E-state index contributed by atoms with van der Waals surface area (Å²) >= 11 is 0. The Kier molecular flexibility index (Phi) is 44.7. The van der Waals surface area contributed by atoms with Crippen molar-refractivity contribution < 1.29 is 28.6 Å². The third kappa shape index (κ3) is 44.3. The lowest BCUT2D eigenvalue weighted by Gasteiger charge is -2.18. The van der Waals surface area contributed by atoms with Crippen LogP contribution >= 0.6 is 0 Å². The highest BCUT2D eigenvalue weighted by Gasteiger charge is 2.19. The highest BCUT2D eigenvalue weighted by Crippen LogP contribution is 2.18. The molecule has 3 atom stereocenters. The molecule has 0 aromatic carbocycles. The fourth-order valence-electron chi connectivity index (χ4n) is 7.93. The van der Waals surface area contributed by atoms with Crippen molar-refractivity contribution in [3.05, 3.63) is 0 Å². The van der Waals surface area contributed by atoms with Crippen LogP contribution < -0.4 is 0 Å². The van der Waals surface area contributed by atoms with E-state index in [4.69, 9.17) is 14.2 Å². The van der Waals surface area contributed by atoms with Gasteiger partial charge in [-0.05, 0) is 31.1 Å². The van der Waals surface area contributed by atoms with Gasteiger partial charge in [-0.3, -0.25) is 14.4 Å². The minimum atomic E-state index is -0.760. The van der Waals surface area contributed by atoms with E-state index in [1.807, 2.05) is 0 Å². The second-order valence-electron chi connectivity index (χ2n) is 18.6. The van der Waals surface area contributed by atoms with Crippen LogP contribution in [0.25, 0.3) is 0 Å². The number of hydrogen-bond acceptors (Lipinski definition) is 6. The fraction of sp³-hybridized carbons (Fsp3) is 0.943. The number of rotatable bonds is 47. The molecule has 6 nitrogen and oxygen atoms in total. The van der Waals surface area contributed by atoms with Gasteiger partial charge >= 0.3 is 17.9 Å². The molecule has 0 rings (SSSR count). The summed E-state index contributed by atoms with van der Waals surface area (Å²) in [5.74, 6) is 0.929. The Balaban J connectivity index is 4.11. The first-order valence-corrected chi connectivity index (χ1v) is 26.3. The minimum absolute atomic E-state index is 0.0645. The first-order valence-electron chi connectivity index (χ1n) is 26.3. The molecular formula is C53H102O6. The van der Waals surface area contributed by atoms with Crippen molar-refractivity contribution >= 4 is 17.9 Å². The van der Waals surface area contributed by atoms with Crippen LogP contribution in [-0.4, -0.2) is 37.2 Å². The van der Waals surface area contributed by atoms with E-state index in [-0.39, 0.29) is 31.1 Å². The van der Waals surface area contributed by atoms with Gasteiger partial charge in [0.15, 0.2) is 6.10 Å². The smallest absolute Gasteiger partial charge is 0.306 e. The zero-order valence-corrected chi connectivity index (χ0v) is 40.4. The van der Waals surface area contributed by atoms with E-state index in [2.05, 4.69) is 34.6 Å². The van der Waals surface area contributed by atoms with E-state index in [1.165, 1.54) is 173 Å². The number of esters is 3. The zero-order valence-electron chi connectivity index (χ0n) is 40.4. The topological polar surface area (TPSA) is 78.9 Å². The molecule has 0 aliphatic carbocycles. The molecule has 0 N–H and O–H groups in total. The number of unbranched alkanes of at least 4 members (excludes halogenated alkanes) is 30. The van der Waals surface area contributed by atoms with Gasteiger partial charge in [0.05, 0.1) is 0 Å². The van der Waals surface area contributed by atoms with Crippen molar-refractivity contribution in [1.29, 1.82) is 0 Å². The molecule has 6 heteroatoms. The summed E-state index contributed by atoms with van der Waals surface area (Å²) in [5.41, 5.74) is 0. The largest absolute Gasteiger partial charge is 0.462 e. The average Bonchev–Trinajstić information content (AvgIpc) is 3.23. The molecule has 0 radical (unpaired) electrons. The number of ether oxygens (including phenoxy) is 3. The zero-order chi connectivity index (χ0) is 43.3. The summed E-state index contributed by atoms with van der Waals surface area (Å²) in [6.07, 6.45) is 46.8. The van der Waals surface area contributed by atoms with Crippen molar-refractivity contribution in [2.75, 3.05) is 13.2 Å². The van der Waals surface area contributed by atoms with Gasteiger partial charge in [0.1, 0.15) is 13.2 Å². The third-order valence-corrected chi connectivity index (χ3v) is 12.7. The molecule has 0 aliphatic heterocycles. The van der Waals surface area contributed by atoms with Crippen molar-refractivity contribution in [2.45, 2.75) is 298 Å². The van der Waals surface area contributed by atoms with Crippen molar-refractivity contribution in [2.24, 2.45) is 11.8 Å². The van der Waals surface area contributed by atoms with Crippen molar-refractivity contribution in [1.82, 2.24) is 0 Å². The quantitative estimate of drug-likeness (QED) is 0.0345. The lowest BCUT2D eigenvalue weighted by atomic mass is 9.99. The highest BCUT2D eigenvalue weighted by atomic mass is 16.6. The number of carbonyl (C=O) groups excluding carboxylic acids is 3. The summed E-state index contributed by atoms with van der Waals surface area (Å²) in [6.45, 7) is 11.4. The Morgan fingerprint density at radius 2 is 0.593 bits per heavy atom. The number of carbonyl (C=O) groups is 3. The van der Waals surface area contributed by atoms with Gasteiger partial charge in [-0.25, -0.2) is 0 Å². The monoisotopic (exact) mass is 835 g/mol. The van der Waals surface area contributed by atoms with Crippen LogP contribution in [0, 0.1) is 11.8 Å². The molecule has 0 aliphatic rings. The first-order chi connectivity index (χ1) is 28.8. The fourth-order valence-corrected chi connectivity index (χ4v) is 7.93. The molecule has 59 heavy (non-hydrogen) atoms. The molecule has 0 fully saturated rings. The minimum Gasteiger partial charge on any atom is -0.462 e. The van der Waals surface area contributed by atoms with Gasteiger partial charge in [0.25, 0.3) is 0 Å².